The van der Waals surface area contributed by atoms with Crippen molar-refractivity contribution in [1.29, 1.82) is 0 Å². The van der Waals surface area contributed by atoms with Crippen molar-refractivity contribution >= 4 is 5.97 Å². The Morgan fingerprint density at radius 2 is 1.93 bits per heavy atom. The Kier molecular flexibility index (Phi) is 4.52. The van der Waals surface area contributed by atoms with Gasteiger partial charge in [0.05, 0.1) is 17.8 Å². The molecule has 0 aromatic heterocycles. The molecule has 5 rings (SSSR count). The Morgan fingerprint density at radius 3 is 2.62 bits per heavy atom. The SMILES string of the molecule is CO[C@H]1CC[C@@]2(C)[C@@H](CC[C@@H]3[C@@H]2CC[C@]2(C)[C@@H](C4=CC(=O)OC4)[C@@H](O)C[C@]32O)C1. The molecule has 162 valence electrons. The number of aliphatic hydroxyl groups excluding tert-OH is 1. The molecule has 2 N–H and O–H groups in total. The van der Waals surface area contributed by atoms with E-state index in [1.54, 1.807) is 6.08 Å². The maximum absolute atomic E-state index is 12.2. The second kappa shape index (κ2) is 6.54. The summed E-state index contributed by atoms with van der Waals surface area (Å²) >= 11 is 0. The molecule has 29 heavy (non-hydrogen) atoms. The molecule has 0 aromatic carbocycles. The van der Waals surface area contributed by atoms with Gasteiger partial charge in [-0.1, -0.05) is 13.8 Å². The van der Waals surface area contributed by atoms with Crippen LogP contribution < -0.4 is 0 Å². The highest BCUT2D eigenvalue weighted by Gasteiger charge is 2.70. The third-order valence-corrected chi connectivity index (χ3v) is 10.2. The number of esters is 1. The highest BCUT2D eigenvalue weighted by molar-refractivity contribution is 5.85. The van der Waals surface area contributed by atoms with E-state index in [2.05, 4.69) is 13.8 Å². The van der Waals surface area contributed by atoms with Gasteiger partial charge in [-0.15, -0.1) is 0 Å². The summed E-state index contributed by atoms with van der Waals surface area (Å²) < 4.78 is 10.9. The molecule has 0 radical (unpaired) electrons. The Balaban J connectivity index is 1.47. The van der Waals surface area contributed by atoms with Gasteiger partial charge < -0.3 is 19.7 Å². The van der Waals surface area contributed by atoms with Crippen LogP contribution in [-0.4, -0.2) is 47.7 Å². The van der Waals surface area contributed by atoms with E-state index in [0.717, 1.165) is 44.1 Å². The Hall–Kier alpha value is -0.910. The Bertz CT molecular complexity index is 733. The Labute approximate surface area is 173 Å². The lowest BCUT2D eigenvalue weighted by atomic mass is 9.43. The minimum Gasteiger partial charge on any atom is -0.458 e. The molecule has 0 amide bonds. The molecular weight excluding hydrogens is 368 g/mol. The summed E-state index contributed by atoms with van der Waals surface area (Å²) in [6, 6.07) is 0. The molecule has 9 atom stereocenters. The van der Waals surface area contributed by atoms with Crippen molar-refractivity contribution in [2.24, 2.45) is 34.5 Å². The van der Waals surface area contributed by atoms with Crippen LogP contribution in [0.15, 0.2) is 11.6 Å². The highest BCUT2D eigenvalue weighted by atomic mass is 16.5. The molecule has 4 fully saturated rings. The molecule has 4 saturated carbocycles. The molecule has 5 nitrogen and oxygen atoms in total. The van der Waals surface area contributed by atoms with Gasteiger partial charge in [0.2, 0.25) is 0 Å². The summed E-state index contributed by atoms with van der Waals surface area (Å²) in [6.45, 7) is 4.88. The quantitative estimate of drug-likeness (QED) is 0.691. The minimum absolute atomic E-state index is 0.186. The lowest BCUT2D eigenvalue weighted by Crippen LogP contribution is -2.62. The lowest BCUT2D eigenvalue weighted by Gasteiger charge is -2.63. The summed E-state index contributed by atoms with van der Waals surface area (Å²) in [4.78, 5) is 11.7. The van der Waals surface area contributed by atoms with Gasteiger partial charge in [0.1, 0.15) is 6.61 Å². The van der Waals surface area contributed by atoms with Gasteiger partial charge >= 0.3 is 5.97 Å². The Morgan fingerprint density at radius 1 is 1.14 bits per heavy atom. The van der Waals surface area contributed by atoms with Crippen LogP contribution >= 0.6 is 0 Å². The number of carbonyl (C=O) groups is 1. The van der Waals surface area contributed by atoms with Crippen molar-refractivity contribution in [3.8, 4) is 0 Å². The summed E-state index contributed by atoms with van der Waals surface area (Å²) in [5, 5.41) is 23.3. The molecule has 5 heteroatoms. The predicted molar refractivity (Wildman–Crippen MR) is 108 cm³/mol. The summed E-state index contributed by atoms with van der Waals surface area (Å²) in [5.41, 5.74) is -0.150. The van der Waals surface area contributed by atoms with Crippen molar-refractivity contribution in [2.45, 2.75) is 83.0 Å². The van der Waals surface area contributed by atoms with Gasteiger partial charge in [-0.05, 0) is 73.7 Å². The van der Waals surface area contributed by atoms with E-state index in [4.69, 9.17) is 9.47 Å². The molecule has 5 aliphatic rings. The van der Waals surface area contributed by atoms with Crippen molar-refractivity contribution in [3.63, 3.8) is 0 Å². The van der Waals surface area contributed by atoms with Gasteiger partial charge in [0.25, 0.3) is 0 Å². The second-order valence-electron chi connectivity index (χ2n) is 11.1. The number of methoxy groups -OCH3 is 1. The molecule has 0 spiro atoms. The average molecular weight is 405 g/mol. The van der Waals surface area contributed by atoms with Crippen molar-refractivity contribution in [1.82, 2.24) is 0 Å². The fourth-order valence-electron chi connectivity index (χ4n) is 8.67. The van der Waals surface area contributed by atoms with Gasteiger partial charge in [0, 0.05) is 30.9 Å². The van der Waals surface area contributed by atoms with E-state index >= 15 is 0 Å². The maximum Gasteiger partial charge on any atom is 0.331 e. The third-order valence-electron chi connectivity index (χ3n) is 10.2. The largest absolute Gasteiger partial charge is 0.458 e. The zero-order valence-electron chi connectivity index (χ0n) is 18.0. The average Bonchev–Trinajstić information content (AvgIpc) is 3.18. The molecule has 4 aliphatic carbocycles. The summed E-state index contributed by atoms with van der Waals surface area (Å²) in [7, 11) is 1.83. The van der Waals surface area contributed by atoms with Crippen LogP contribution in [-0.2, 0) is 14.3 Å². The van der Waals surface area contributed by atoms with Crippen LogP contribution in [0.25, 0.3) is 0 Å². The van der Waals surface area contributed by atoms with Crippen LogP contribution in [0.4, 0.5) is 0 Å². The summed E-state index contributed by atoms with van der Waals surface area (Å²) in [5.74, 6) is 0.886. The first kappa shape index (κ1) is 20.0. The molecule has 0 bridgehead atoms. The fraction of sp³-hybridized carbons (Fsp3) is 0.875. The second-order valence-corrected chi connectivity index (χ2v) is 11.1. The molecule has 0 saturated heterocycles. The predicted octanol–water partition coefficient (Wildman–Crippen LogP) is 3.23. The van der Waals surface area contributed by atoms with Crippen LogP contribution in [0.1, 0.15) is 65.2 Å². The van der Waals surface area contributed by atoms with Gasteiger partial charge in [-0.3, -0.25) is 0 Å². The number of rotatable bonds is 2. The molecule has 1 heterocycles. The number of fused-ring (bicyclic) bond motifs is 5. The molecule has 1 aliphatic heterocycles. The van der Waals surface area contributed by atoms with E-state index in [1.165, 1.54) is 6.42 Å². The van der Waals surface area contributed by atoms with Crippen LogP contribution in [0.2, 0.25) is 0 Å². The summed E-state index contributed by atoms with van der Waals surface area (Å²) in [6.07, 6.45) is 9.33. The monoisotopic (exact) mass is 404 g/mol. The van der Waals surface area contributed by atoms with E-state index in [0.29, 0.717) is 24.4 Å². The molecular formula is C24H36O5. The first-order valence-corrected chi connectivity index (χ1v) is 11.5. The first-order chi connectivity index (χ1) is 13.7. The zero-order valence-corrected chi connectivity index (χ0v) is 18.0. The van der Waals surface area contributed by atoms with Gasteiger partial charge in [-0.25, -0.2) is 4.79 Å². The van der Waals surface area contributed by atoms with E-state index < -0.39 is 17.1 Å². The number of hydrogen-bond donors (Lipinski definition) is 2. The smallest absolute Gasteiger partial charge is 0.331 e. The lowest BCUT2D eigenvalue weighted by molar-refractivity contribution is -0.209. The van der Waals surface area contributed by atoms with Crippen LogP contribution in [0.5, 0.6) is 0 Å². The van der Waals surface area contributed by atoms with Crippen LogP contribution in [0, 0.1) is 34.5 Å². The number of carbonyl (C=O) groups excluding carboxylic acids is 1. The number of cyclic esters (lactones) is 1. The van der Waals surface area contributed by atoms with Crippen molar-refractivity contribution < 1.29 is 24.5 Å². The standard InChI is InChI=1S/C24H36O5/c1-22-8-6-16(28-3)11-15(22)4-5-18-17(22)7-9-23(2)21(14-10-20(26)29-13-14)19(25)12-24(18,23)27/h10,15-19,21,25,27H,4-9,11-13H2,1-3H3/t15-,16-,17-,18+,19-,21-,22-,23+,24-/m0/s1. The van der Waals surface area contributed by atoms with Gasteiger partial charge in [0.15, 0.2) is 0 Å². The molecule has 0 unspecified atom stereocenters. The maximum atomic E-state index is 12.2. The normalized spacial score (nSPS) is 54.2. The zero-order chi connectivity index (χ0) is 20.6. The van der Waals surface area contributed by atoms with E-state index in [-0.39, 0.29) is 29.8 Å². The third kappa shape index (κ3) is 2.59. The van der Waals surface area contributed by atoms with Crippen molar-refractivity contribution in [3.05, 3.63) is 11.6 Å². The fourth-order valence-corrected chi connectivity index (χ4v) is 8.67. The van der Waals surface area contributed by atoms with Crippen molar-refractivity contribution in [2.75, 3.05) is 13.7 Å². The number of ether oxygens (including phenoxy) is 2. The van der Waals surface area contributed by atoms with Gasteiger partial charge in [-0.2, -0.15) is 0 Å². The van der Waals surface area contributed by atoms with Crippen LogP contribution in [0.3, 0.4) is 0 Å². The highest BCUT2D eigenvalue weighted by Crippen LogP contribution is 2.69. The topological polar surface area (TPSA) is 76.0 Å². The molecule has 0 aromatic rings. The number of aliphatic hydroxyl groups is 2. The number of hydrogen-bond acceptors (Lipinski definition) is 5. The minimum atomic E-state index is -0.876. The first-order valence-electron chi connectivity index (χ1n) is 11.5. The van der Waals surface area contributed by atoms with E-state index in [1.807, 2.05) is 7.11 Å². The van der Waals surface area contributed by atoms with E-state index in [9.17, 15) is 15.0 Å².